The second-order valence-corrected chi connectivity index (χ2v) is 9.31. The number of phenolic OH excluding ortho intramolecular Hbond substituents is 2. The topological polar surface area (TPSA) is 183 Å². The first-order valence-electron chi connectivity index (χ1n) is 12.1. The molecule has 0 spiro atoms. The molecule has 0 radical (unpaired) electrons. The molecular weight excluding hydrogens is 525 g/mol. The average Bonchev–Trinajstić information content (AvgIpc) is 3.47. The lowest BCUT2D eigenvalue weighted by Gasteiger charge is -2.13. The van der Waals surface area contributed by atoms with Crippen LogP contribution >= 0.6 is 0 Å². The Hall–Kier alpha value is -5.40. The lowest BCUT2D eigenvalue weighted by Crippen LogP contribution is -2.27. The number of H-pyrrole nitrogens is 1. The van der Waals surface area contributed by atoms with E-state index >= 15 is 0 Å². The second kappa shape index (κ2) is 10.1. The summed E-state index contributed by atoms with van der Waals surface area (Å²) in [5.74, 6) is -1.96. The van der Waals surface area contributed by atoms with Crippen LogP contribution in [0.15, 0.2) is 58.4 Å². The fourth-order valence-electron chi connectivity index (χ4n) is 4.47. The molecule has 0 aliphatic carbocycles. The van der Waals surface area contributed by atoms with Crippen LogP contribution in [0.1, 0.15) is 25.3 Å². The number of amides is 1. The zero-order chi connectivity index (χ0) is 28.7. The molecule has 0 atom stereocenters. The van der Waals surface area contributed by atoms with E-state index in [9.17, 15) is 29.0 Å². The lowest BCUT2D eigenvalue weighted by atomic mass is 9.98. The van der Waals surface area contributed by atoms with Crippen molar-refractivity contribution in [1.82, 2.24) is 28.9 Å². The van der Waals surface area contributed by atoms with Crippen molar-refractivity contribution in [1.29, 1.82) is 0 Å². The number of nitrogens with zero attached hydrogens (tertiary/aromatic N) is 5. The molecule has 0 unspecified atom stereocenters. The second-order valence-electron chi connectivity index (χ2n) is 9.31. The number of rotatable bonds is 7. The first kappa shape index (κ1) is 26.2. The van der Waals surface area contributed by atoms with Crippen LogP contribution in [0.3, 0.4) is 0 Å². The smallest absolute Gasteiger partial charge is 0.411 e. The quantitative estimate of drug-likeness (QED) is 0.239. The van der Waals surface area contributed by atoms with Crippen molar-refractivity contribution < 1.29 is 24.1 Å². The average molecular weight is 550 g/mol. The fraction of sp³-hybridized carbons (Fsp3) is 0.192. The number of hydrogen-bond donors (Lipinski definition) is 4. The molecule has 5 N–H and O–H groups in total. The van der Waals surface area contributed by atoms with Crippen LogP contribution in [0.5, 0.6) is 17.4 Å². The highest BCUT2D eigenvalue weighted by atomic mass is 19.1. The molecule has 3 aromatic heterocycles. The summed E-state index contributed by atoms with van der Waals surface area (Å²) in [5, 5.41) is 28.0. The van der Waals surface area contributed by atoms with Crippen LogP contribution < -0.4 is 21.9 Å². The van der Waals surface area contributed by atoms with Gasteiger partial charge >= 0.3 is 17.5 Å². The number of aromatic amines is 1. The molecule has 0 aliphatic heterocycles. The van der Waals surface area contributed by atoms with Gasteiger partial charge in [0.1, 0.15) is 11.5 Å². The Morgan fingerprint density at radius 3 is 2.58 bits per heavy atom. The van der Waals surface area contributed by atoms with Gasteiger partial charge in [0, 0.05) is 36.3 Å². The van der Waals surface area contributed by atoms with Crippen molar-refractivity contribution in [2.75, 3.05) is 0 Å². The van der Waals surface area contributed by atoms with Gasteiger partial charge in [-0.15, -0.1) is 0 Å². The summed E-state index contributed by atoms with van der Waals surface area (Å²) in [4.78, 5) is 39.2. The van der Waals surface area contributed by atoms with Crippen molar-refractivity contribution in [3.05, 3.63) is 81.1 Å². The SMILES string of the molecule is CC(C)c1cc(-c2n[nH]c(=O)n2-c2ccc3c(ccn3CCn3cc(F)c(OC(N)=O)nc3=O)c2)c(O)cc1O. The van der Waals surface area contributed by atoms with Gasteiger partial charge in [-0.2, -0.15) is 14.5 Å². The molecule has 3 heterocycles. The van der Waals surface area contributed by atoms with Crippen molar-refractivity contribution in [3.63, 3.8) is 0 Å². The predicted molar refractivity (Wildman–Crippen MR) is 141 cm³/mol. The van der Waals surface area contributed by atoms with Crippen molar-refractivity contribution in [2.24, 2.45) is 5.73 Å². The van der Waals surface area contributed by atoms with E-state index in [-0.39, 0.29) is 41.9 Å². The summed E-state index contributed by atoms with van der Waals surface area (Å²) in [6.45, 7) is 4.12. The van der Waals surface area contributed by atoms with Gasteiger partial charge in [0.2, 0.25) is 5.82 Å². The largest absolute Gasteiger partial charge is 0.508 e. The van der Waals surface area contributed by atoms with Gasteiger partial charge in [0.15, 0.2) is 5.82 Å². The molecule has 0 saturated heterocycles. The summed E-state index contributed by atoms with van der Waals surface area (Å²) in [5.41, 5.74) is 5.62. The van der Waals surface area contributed by atoms with E-state index in [1.165, 1.54) is 10.6 Å². The van der Waals surface area contributed by atoms with Crippen LogP contribution in [-0.2, 0) is 13.1 Å². The maximum Gasteiger partial charge on any atom is 0.411 e. The van der Waals surface area contributed by atoms with Gasteiger partial charge in [-0.25, -0.2) is 24.0 Å². The first-order valence-corrected chi connectivity index (χ1v) is 12.1. The summed E-state index contributed by atoms with van der Waals surface area (Å²) < 4.78 is 22.7. The number of carbonyl (C=O) groups is 1. The van der Waals surface area contributed by atoms with E-state index in [2.05, 4.69) is 19.9 Å². The number of aromatic nitrogens is 6. The van der Waals surface area contributed by atoms with E-state index < -0.39 is 29.2 Å². The van der Waals surface area contributed by atoms with Gasteiger partial charge < -0.3 is 25.3 Å². The molecule has 0 bridgehead atoms. The van der Waals surface area contributed by atoms with Gasteiger partial charge in [-0.3, -0.25) is 4.57 Å². The first-order chi connectivity index (χ1) is 19.0. The molecule has 13 nitrogen and oxygen atoms in total. The molecule has 0 saturated carbocycles. The number of phenols is 2. The van der Waals surface area contributed by atoms with Gasteiger partial charge in [0.05, 0.1) is 17.4 Å². The number of halogens is 1. The molecule has 0 aliphatic rings. The Labute approximate surface area is 224 Å². The maximum atomic E-state index is 14.2. The van der Waals surface area contributed by atoms with E-state index in [0.717, 1.165) is 21.7 Å². The van der Waals surface area contributed by atoms with Crippen LogP contribution in [-0.4, -0.2) is 45.2 Å². The number of nitrogens with one attached hydrogen (secondary N) is 1. The van der Waals surface area contributed by atoms with Crippen LogP contribution in [0.2, 0.25) is 0 Å². The standard InChI is InChI=1S/C26H24FN7O6/c1-13(2)16-10-17(21(36)11-20(16)35)22-30-31-26(39)34(22)15-3-4-19-14(9-15)5-6-32(19)7-8-33-12-18(27)23(29-25(33)38)40-24(28)37/h3-6,9-13,35-36H,7-8H2,1-2H3,(H2,28,37)(H,31,39). The Balaban J connectivity index is 1.46. The summed E-state index contributed by atoms with van der Waals surface area (Å²) in [7, 11) is 0. The lowest BCUT2D eigenvalue weighted by molar-refractivity contribution is 0.206. The van der Waals surface area contributed by atoms with Crippen molar-refractivity contribution in [2.45, 2.75) is 32.9 Å². The van der Waals surface area contributed by atoms with E-state index in [1.54, 1.807) is 30.5 Å². The Morgan fingerprint density at radius 2 is 1.85 bits per heavy atom. The van der Waals surface area contributed by atoms with Crippen molar-refractivity contribution >= 4 is 17.0 Å². The molecule has 0 fully saturated rings. The van der Waals surface area contributed by atoms with E-state index in [4.69, 9.17) is 5.73 Å². The minimum absolute atomic E-state index is 0.0425. The number of carbonyl (C=O) groups excluding carboxylic acids is 1. The monoisotopic (exact) mass is 549 g/mol. The summed E-state index contributed by atoms with van der Waals surface area (Å²) in [6, 6.07) is 9.87. The molecular formula is C26H24FN7O6. The van der Waals surface area contributed by atoms with E-state index in [0.29, 0.717) is 11.3 Å². The highest BCUT2D eigenvalue weighted by Gasteiger charge is 2.20. The Bertz CT molecular complexity index is 1880. The van der Waals surface area contributed by atoms with Crippen LogP contribution in [0.25, 0.3) is 28.0 Å². The zero-order valence-electron chi connectivity index (χ0n) is 21.3. The molecule has 206 valence electrons. The van der Waals surface area contributed by atoms with Gasteiger partial charge in [-0.05, 0) is 41.8 Å². The third kappa shape index (κ3) is 4.77. The van der Waals surface area contributed by atoms with Crippen LogP contribution in [0.4, 0.5) is 9.18 Å². The fourth-order valence-corrected chi connectivity index (χ4v) is 4.47. The van der Waals surface area contributed by atoms with Gasteiger partial charge in [-0.1, -0.05) is 13.8 Å². The van der Waals surface area contributed by atoms with E-state index in [1.807, 2.05) is 24.5 Å². The predicted octanol–water partition coefficient (Wildman–Crippen LogP) is 2.57. The molecule has 5 rings (SSSR count). The number of fused-ring (bicyclic) bond motifs is 1. The maximum absolute atomic E-state index is 14.2. The molecule has 2 aromatic carbocycles. The minimum Gasteiger partial charge on any atom is -0.508 e. The number of nitrogens with two attached hydrogens (primary N) is 1. The Morgan fingerprint density at radius 1 is 1.10 bits per heavy atom. The minimum atomic E-state index is -1.29. The number of benzene rings is 2. The summed E-state index contributed by atoms with van der Waals surface area (Å²) >= 11 is 0. The molecule has 40 heavy (non-hydrogen) atoms. The van der Waals surface area contributed by atoms with Crippen molar-refractivity contribution in [3.8, 4) is 34.5 Å². The highest BCUT2D eigenvalue weighted by Crippen LogP contribution is 2.37. The number of ether oxygens (including phenoxy) is 1. The third-order valence-electron chi connectivity index (χ3n) is 6.39. The number of primary amides is 1. The number of hydrogen-bond acceptors (Lipinski definition) is 8. The zero-order valence-corrected chi connectivity index (χ0v) is 21.3. The Kier molecular flexibility index (Phi) is 6.59. The summed E-state index contributed by atoms with van der Waals surface area (Å²) in [6.07, 6.45) is 1.37. The molecule has 1 amide bonds. The number of aromatic hydroxyl groups is 2. The number of aryl methyl sites for hydroxylation is 2. The highest BCUT2D eigenvalue weighted by molar-refractivity contribution is 5.83. The van der Waals surface area contributed by atoms with Crippen LogP contribution in [0, 0.1) is 5.82 Å². The van der Waals surface area contributed by atoms with Gasteiger partial charge in [0.25, 0.3) is 5.88 Å². The normalized spacial score (nSPS) is 11.4. The molecule has 14 heteroatoms. The molecule has 5 aromatic rings. The third-order valence-corrected chi connectivity index (χ3v) is 6.39.